The van der Waals surface area contributed by atoms with Gasteiger partial charge in [0.1, 0.15) is 11.3 Å². The summed E-state index contributed by atoms with van der Waals surface area (Å²) in [6.45, 7) is 3.27. The van der Waals surface area contributed by atoms with Crippen LogP contribution in [-0.4, -0.2) is 19.0 Å². The molecule has 0 aliphatic heterocycles. The maximum absolute atomic E-state index is 11.8. The highest BCUT2D eigenvalue weighted by Crippen LogP contribution is 2.27. The molecule has 3 rings (SSSR count). The number of furan rings is 1. The Balaban J connectivity index is 1.54. The Morgan fingerprint density at radius 2 is 2.20 bits per heavy atom. The Labute approximate surface area is 118 Å². The van der Waals surface area contributed by atoms with E-state index in [0.29, 0.717) is 6.54 Å². The highest BCUT2D eigenvalue weighted by atomic mass is 16.3. The van der Waals surface area contributed by atoms with Gasteiger partial charge in [0.25, 0.3) is 0 Å². The second-order valence-corrected chi connectivity index (χ2v) is 5.55. The molecular formula is C16H20N2O2. The van der Waals surface area contributed by atoms with E-state index in [9.17, 15) is 4.79 Å². The third kappa shape index (κ3) is 3.20. The van der Waals surface area contributed by atoms with E-state index in [0.717, 1.165) is 29.2 Å². The Bertz CT molecular complexity index is 568. The van der Waals surface area contributed by atoms with Gasteiger partial charge in [0.2, 0.25) is 5.91 Å². The fraction of sp³-hybridized carbons (Fsp3) is 0.438. The second kappa shape index (κ2) is 5.67. The number of para-hydroxylation sites is 1. The molecule has 1 unspecified atom stereocenters. The molecule has 1 aliphatic carbocycles. The van der Waals surface area contributed by atoms with E-state index < -0.39 is 0 Å². The van der Waals surface area contributed by atoms with E-state index in [1.807, 2.05) is 37.3 Å². The van der Waals surface area contributed by atoms with Crippen molar-refractivity contribution in [2.24, 2.45) is 5.92 Å². The smallest absolute Gasteiger partial charge is 0.234 e. The topological polar surface area (TPSA) is 54.3 Å². The summed E-state index contributed by atoms with van der Waals surface area (Å²) in [6.07, 6.45) is 2.59. The summed E-state index contributed by atoms with van der Waals surface area (Å²) < 4.78 is 5.75. The third-order valence-corrected chi connectivity index (χ3v) is 3.66. The molecule has 106 valence electrons. The number of nitrogens with one attached hydrogen (secondary N) is 2. The zero-order valence-corrected chi connectivity index (χ0v) is 11.7. The monoisotopic (exact) mass is 272 g/mol. The minimum atomic E-state index is -0.113. The summed E-state index contributed by atoms with van der Waals surface area (Å²) in [5, 5.41) is 7.21. The van der Waals surface area contributed by atoms with Crippen LogP contribution in [0, 0.1) is 5.92 Å². The number of hydrogen-bond acceptors (Lipinski definition) is 3. The molecule has 1 atom stereocenters. The molecule has 0 spiro atoms. The van der Waals surface area contributed by atoms with Crippen LogP contribution in [0.2, 0.25) is 0 Å². The van der Waals surface area contributed by atoms with Crippen LogP contribution in [-0.2, 0) is 4.79 Å². The standard InChI is InChI=1S/C16H20N2O2/c1-11(18-16(19)10-17-9-12-6-7-12)15-8-13-4-2-3-5-14(13)20-15/h2-5,8,11-12,17H,6-7,9-10H2,1H3,(H,18,19). The minimum Gasteiger partial charge on any atom is -0.459 e. The van der Waals surface area contributed by atoms with Crippen LogP contribution in [0.5, 0.6) is 0 Å². The Morgan fingerprint density at radius 3 is 2.95 bits per heavy atom. The predicted octanol–water partition coefficient (Wildman–Crippen LogP) is 2.61. The van der Waals surface area contributed by atoms with Gasteiger partial charge in [0, 0.05) is 5.39 Å². The minimum absolute atomic E-state index is 0.0126. The maximum atomic E-state index is 11.8. The van der Waals surface area contributed by atoms with Gasteiger partial charge in [-0.1, -0.05) is 18.2 Å². The lowest BCUT2D eigenvalue weighted by molar-refractivity contribution is -0.121. The molecule has 1 saturated carbocycles. The molecule has 1 aliphatic rings. The molecule has 0 saturated heterocycles. The van der Waals surface area contributed by atoms with E-state index in [1.165, 1.54) is 12.8 Å². The van der Waals surface area contributed by atoms with Gasteiger partial charge in [-0.25, -0.2) is 0 Å². The van der Waals surface area contributed by atoms with Crippen molar-refractivity contribution in [2.45, 2.75) is 25.8 Å². The van der Waals surface area contributed by atoms with Crippen LogP contribution < -0.4 is 10.6 Å². The molecule has 2 aromatic rings. The molecule has 4 heteroatoms. The Morgan fingerprint density at radius 1 is 1.40 bits per heavy atom. The Kier molecular flexibility index (Phi) is 3.74. The summed E-state index contributed by atoms with van der Waals surface area (Å²) in [5.41, 5.74) is 0.857. The number of rotatable bonds is 6. The highest BCUT2D eigenvalue weighted by molar-refractivity contribution is 5.80. The van der Waals surface area contributed by atoms with Crippen LogP contribution in [0.3, 0.4) is 0 Å². The SMILES string of the molecule is CC(NC(=O)CNCC1CC1)c1cc2ccccc2o1. The molecule has 1 amide bonds. The average molecular weight is 272 g/mol. The number of hydrogen-bond donors (Lipinski definition) is 2. The van der Waals surface area contributed by atoms with Gasteiger partial charge in [-0.3, -0.25) is 4.79 Å². The van der Waals surface area contributed by atoms with Crippen molar-refractivity contribution in [2.75, 3.05) is 13.1 Å². The number of carbonyl (C=O) groups is 1. The molecule has 20 heavy (non-hydrogen) atoms. The van der Waals surface area contributed by atoms with Crippen molar-refractivity contribution in [1.82, 2.24) is 10.6 Å². The van der Waals surface area contributed by atoms with Gasteiger partial charge >= 0.3 is 0 Å². The zero-order valence-electron chi connectivity index (χ0n) is 11.7. The quantitative estimate of drug-likeness (QED) is 0.850. The van der Waals surface area contributed by atoms with E-state index >= 15 is 0 Å². The summed E-state index contributed by atoms with van der Waals surface area (Å²) in [6, 6.07) is 9.74. The fourth-order valence-electron chi connectivity index (χ4n) is 2.29. The van der Waals surface area contributed by atoms with Crippen molar-refractivity contribution in [3.05, 3.63) is 36.1 Å². The van der Waals surface area contributed by atoms with Crippen molar-refractivity contribution in [3.8, 4) is 0 Å². The molecule has 2 N–H and O–H groups in total. The van der Waals surface area contributed by atoms with Gasteiger partial charge in [-0.05, 0) is 44.4 Å². The lowest BCUT2D eigenvalue weighted by Crippen LogP contribution is -2.36. The van der Waals surface area contributed by atoms with Crippen molar-refractivity contribution in [1.29, 1.82) is 0 Å². The normalized spacial score (nSPS) is 16.2. The molecule has 0 bridgehead atoms. The summed E-state index contributed by atoms with van der Waals surface area (Å²) in [5.74, 6) is 1.59. The van der Waals surface area contributed by atoms with Crippen LogP contribution >= 0.6 is 0 Å². The molecule has 1 heterocycles. The first kappa shape index (κ1) is 13.2. The van der Waals surface area contributed by atoms with Crippen LogP contribution in [0.25, 0.3) is 11.0 Å². The van der Waals surface area contributed by atoms with Crippen molar-refractivity contribution >= 4 is 16.9 Å². The van der Waals surface area contributed by atoms with Gasteiger partial charge in [-0.2, -0.15) is 0 Å². The number of fused-ring (bicyclic) bond motifs is 1. The number of benzene rings is 1. The van der Waals surface area contributed by atoms with E-state index in [-0.39, 0.29) is 11.9 Å². The fourth-order valence-corrected chi connectivity index (χ4v) is 2.29. The first-order valence-electron chi connectivity index (χ1n) is 7.21. The van der Waals surface area contributed by atoms with Gasteiger partial charge in [0.05, 0.1) is 12.6 Å². The van der Waals surface area contributed by atoms with Gasteiger partial charge in [0.15, 0.2) is 0 Å². The molecule has 1 aromatic heterocycles. The lowest BCUT2D eigenvalue weighted by atomic mass is 10.2. The summed E-state index contributed by atoms with van der Waals surface area (Å²) >= 11 is 0. The first-order valence-corrected chi connectivity index (χ1v) is 7.21. The summed E-state index contributed by atoms with van der Waals surface area (Å²) in [4.78, 5) is 11.8. The van der Waals surface area contributed by atoms with Crippen molar-refractivity contribution in [3.63, 3.8) is 0 Å². The zero-order chi connectivity index (χ0) is 13.9. The van der Waals surface area contributed by atoms with E-state index in [1.54, 1.807) is 0 Å². The second-order valence-electron chi connectivity index (χ2n) is 5.55. The van der Waals surface area contributed by atoms with E-state index in [2.05, 4.69) is 10.6 Å². The number of carbonyl (C=O) groups excluding carboxylic acids is 1. The lowest BCUT2D eigenvalue weighted by Gasteiger charge is -2.11. The van der Waals surface area contributed by atoms with Crippen LogP contribution in [0.4, 0.5) is 0 Å². The number of amides is 1. The van der Waals surface area contributed by atoms with Crippen LogP contribution in [0.15, 0.2) is 34.7 Å². The van der Waals surface area contributed by atoms with E-state index in [4.69, 9.17) is 4.42 Å². The van der Waals surface area contributed by atoms with Gasteiger partial charge < -0.3 is 15.1 Å². The maximum Gasteiger partial charge on any atom is 0.234 e. The summed E-state index contributed by atoms with van der Waals surface area (Å²) in [7, 11) is 0. The molecule has 0 radical (unpaired) electrons. The Hall–Kier alpha value is -1.81. The molecule has 4 nitrogen and oxygen atoms in total. The molecule has 1 aromatic carbocycles. The van der Waals surface area contributed by atoms with Gasteiger partial charge in [-0.15, -0.1) is 0 Å². The average Bonchev–Trinajstić information content (AvgIpc) is 3.15. The van der Waals surface area contributed by atoms with Crippen LogP contribution in [0.1, 0.15) is 31.6 Å². The molecular weight excluding hydrogens is 252 g/mol. The third-order valence-electron chi connectivity index (χ3n) is 3.66. The largest absolute Gasteiger partial charge is 0.459 e. The predicted molar refractivity (Wildman–Crippen MR) is 78.4 cm³/mol. The highest BCUT2D eigenvalue weighted by Gasteiger charge is 2.21. The molecule has 1 fully saturated rings. The first-order chi connectivity index (χ1) is 9.72. The van der Waals surface area contributed by atoms with Crippen molar-refractivity contribution < 1.29 is 9.21 Å².